The maximum Gasteiger partial charge on any atom is 0.225 e. The molecular formula is C26H30N8O. The molecule has 1 aliphatic rings. The predicted octanol–water partition coefficient (Wildman–Crippen LogP) is 3.40. The van der Waals surface area contributed by atoms with Gasteiger partial charge in [0.15, 0.2) is 0 Å². The number of carbonyl (C=O) groups excluding carboxylic acids is 1. The fraction of sp³-hybridized carbons (Fsp3) is 0.346. The van der Waals surface area contributed by atoms with E-state index in [9.17, 15) is 10.1 Å². The molecule has 35 heavy (non-hydrogen) atoms. The summed E-state index contributed by atoms with van der Waals surface area (Å²) >= 11 is 0. The molecule has 9 nitrogen and oxygen atoms in total. The van der Waals surface area contributed by atoms with E-state index in [2.05, 4.69) is 33.1 Å². The summed E-state index contributed by atoms with van der Waals surface area (Å²) < 4.78 is 3.45. The number of amides is 1. The van der Waals surface area contributed by atoms with Gasteiger partial charge in [0.1, 0.15) is 11.9 Å². The second-order valence-corrected chi connectivity index (χ2v) is 9.07. The molecule has 3 aromatic heterocycles. The highest BCUT2D eigenvalue weighted by Crippen LogP contribution is 2.30. The summed E-state index contributed by atoms with van der Waals surface area (Å²) in [6.07, 6.45) is 11.5. The molecule has 180 valence electrons. The van der Waals surface area contributed by atoms with E-state index < -0.39 is 0 Å². The molecule has 0 aromatic carbocycles. The highest BCUT2D eigenvalue weighted by atomic mass is 16.2. The number of carbonyl (C=O) groups is 1. The van der Waals surface area contributed by atoms with Gasteiger partial charge in [0.25, 0.3) is 0 Å². The van der Waals surface area contributed by atoms with Crippen molar-refractivity contribution in [2.24, 2.45) is 18.0 Å². The molecule has 3 aromatic rings. The van der Waals surface area contributed by atoms with Crippen LogP contribution >= 0.6 is 0 Å². The minimum Gasteiger partial charge on any atom is -0.359 e. The zero-order valence-electron chi connectivity index (χ0n) is 20.6. The number of hydrogen-bond acceptors (Lipinski definition) is 5. The quantitative estimate of drug-likeness (QED) is 0.338. The number of fused-ring (bicyclic) bond motifs is 1. The summed E-state index contributed by atoms with van der Waals surface area (Å²) in [5, 5.41) is 21.3. The van der Waals surface area contributed by atoms with Crippen molar-refractivity contribution in [1.82, 2.24) is 29.6 Å². The monoisotopic (exact) mass is 470 g/mol. The van der Waals surface area contributed by atoms with Crippen molar-refractivity contribution in [3.63, 3.8) is 0 Å². The third kappa shape index (κ3) is 5.01. The number of aliphatic imine (C=N–C) groups is 1. The van der Waals surface area contributed by atoms with Gasteiger partial charge in [0.2, 0.25) is 5.91 Å². The molecule has 0 radical (unpaired) electrons. The molecule has 0 saturated carbocycles. The van der Waals surface area contributed by atoms with Crippen LogP contribution in [-0.2, 0) is 11.8 Å². The second-order valence-electron chi connectivity index (χ2n) is 9.07. The highest BCUT2D eigenvalue weighted by molar-refractivity contribution is 5.90. The maximum atomic E-state index is 12.4. The lowest BCUT2D eigenvalue weighted by molar-refractivity contribution is -0.125. The Balaban J connectivity index is 1.67. The van der Waals surface area contributed by atoms with Gasteiger partial charge in [-0.25, -0.2) is 9.51 Å². The molecule has 1 N–H and O–H groups in total. The molecule has 9 heteroatoms. The molecule has 1 saturated heterocycles. The summed E-state index contributed by atoms with van der Waals surface area (Å²) in [6, 6.07) is 4.37. The van der Waals surface area contributed by atoms with Crippen LogP contribution in [0.5, 0.6) is 0 Å². The molecule has 1 fully saturated rings. The van der Waals surface area contributed by atoms with Crippen LogP contribution in [0.15, 0.2) is 54.7 Å². The number of amidine groups is 1. The molecule has 4 rings (SSSR count). The van der Waals surface area contributed by atoms with E-state index in [0.717, 1.165) is 41.1 Å². The Morgan fingerprint density at radius 2 is 2.11 bits per heavy atom. The molecule has 0 aliphatic carbocycles. The minimum atomic E-state index is -0.0360. The number of pyridine rings is 1. The first kappa shape index (κ1) is 24.0. The van der Waals surface area contributed by atoms with Crippen LogP contribution in [-0.4, -0.2) is 55.2 Å². The van der Waals surface area contributed by atoms with Gasteiger partial charge in [0, 0.05) is 67.0 Å². The summed E-state index contributed by atoms with van der Waals surface area (Å²) in [4.78, 5) is 19.2. The van der Waals surface area contributed by atoms with E-state index in [1.807, 2.05) is 46.3 Å². The Kier molecular flexibility index (Phi) is 6.82. The van der Waals surface area contributed by atoms with Crippen molar-refractivity contribution in [3.05, 3.63) is 60.8 Å². The number of likely N-dealkylation sites (tertiary alicyclic amines) is 1. The SMILES string of the molecule is C=C/C(=C\N=C(/C)N1CC[C@@H](C(=O)NC(C)C)C1)c1cc(-c2cnn(C)c2)cn2ncc(C#N)c12. The van der Waals surface area contributed by atoms with Gasteiger partial charge in [-0.2, -0.15) is 15.5 Å². The third-order valence-corrected chi connectivity index (χ3v) is 6.14. The van der Waals surface area contributed by atoms with Crippen molar-refractivity contribution in [3.8, 4) is 17.2 Å². The van der Waals surface area contributed by atoms with Crippen LogP contribution in [0.3, 0.4) is 0 Å². The van der Waals surface area contributed by atoms with Crippen LogP contribution in [0.2, 0.25) is 0 Å². The van der Waals surface area contributed by atoms with Crippen LogP contribution in [0, 0.1) is 17.2 Å². The number of nitrogens with one attached hydrogen (secondary N) is 1. The zero-order valence-corrected chi connectivity index (χ0v) is 20.6. The largest absolute Gasteiger partial charge is 0.359 e. The number of nitriles is 1. The van der Waals surface area contributed by atoms with Crippen molar-refractivity contribution in [2.75, 3.05) is 13.1 Å². The normalized spacial score (nSPS) is 16.7. The van der Waals surface area contributed by atoms with E-state index in [1.165, 1.54) is 0 Å². The lowest BCUT2D eigenvalue weighted by atomic mass is 10.0. The summed E-state index contributed by atoms with van der Waals surface area (Å²) in [6.45, 7) is 11.3. The van der Waals surface area contributed by atoms with E-state index in [1.54, 1.807) is 33.9 Å². The molecule has 1 aliphatic heterocycles. The Bertz CT molecular complexity index is 1370. The number of rotatable bonds is 6. The van der Waals surface area contributed by atoms with Gasteiger partial charge in [-0.1, -0.05) is 12.7 Å². The summed E-state index contributed by atoms with van der Waals surface area (Å²) in [5.41, 5.74) is 4.61. The number of hydrogen-bond donors (Lipinski definition) is 1. The fourth-order valence-corrected chi connectivity index (χ4v) is 4.30. The highest BCUT2D eigenvalue weighted by Gasteiger charge is 2.29. The molecule has 0 spiro atoms. The van der Waals surface area contributed by atoms with Gasteiger partial charge in [-0.05, 0) is 33.3 Å². The Morgan fingerprint density at radius 1 is 1.31 bits per heavy atom. The maximum absolute atomic E-state index is 12.4. The molecule has 0 unspecified atom stereocenters. The third-order valence-electron chi connectivity index (χ3n) is 6.14. The van der Waals surface area contributed by atoms with Crippen molar-refractivity contribution >= 4 is 22.8 Å². The van der Waals surface area contributed by atoms with Crippen LogP contribution in [0.1, 0.15) is 38.3 Å². The van der Waals surface area contributed by atoms with E-state index in [-0.39, 0.29) is 17.9 Å². The lowest BCUT2D eigenvalue weighted by Gasteiger charge is -2.18. The zero-order chi connectivity index (χ0) is 25.1. The second kappa shape index (κ2) is 9.97. The first-order chi connectivity index (χ1) is 16.8. The predicted molar refractivity (Wildman–Crippen MR) is 136 cm³/mol. The fourth-order valence-electron chi connectivity index (χ4n) is 4.30. The van der Waals surface area contributed by atoms with Gasteiger partial charge in [-0.3, -0.25) is 9.48 Å². The molecule has 1 amide bonds. The summed E-state index contributed by atoms with van der Waals surface area (Å²) in [5.74, 6) is 0.890. The van der Waals surface area contributed by atoms with E-state index in [0.29, 0.717) is 17.6 Å². The minimum absolute atomic E-state index is 0.0360. The van der Waals surface area contributed by atoms with E-state index in [4.69, 9.17) is 4.99 Å². The number of aryl methyl sites for hydroxylation is 1. The van der Waals surface area contributed by atoms with Crippen molar-refractivity contribution in [2.45, 2.75) is 33.2 Å². The average Bonchev–Trinajstić information content (AvgIpc) is 3.58. The number of aromatic nitrogens is 4. The summed E-state index contributed by atoms with van der Waals surface area (Å²) in [7, 11) is 1.87. The smallest absolute Gasteiger partial charge is 0.225 e. The first-order valence-electron chi connectivity index (χ1n) is 11.6. The van der Waals surface area contributed by atoms with Gasteiger partial charge >= 0.3 is 0 Å². The van der Waals surface area contributed by atoms with Gasteiger partial charge in [-0.15, -0.1) is 0 Å². The topological polar surface area (TPSA) is 104 Å². The van der Waals surface area contributed by atoms with Gasteiger partial charge in [0.05, 0.1) is 29.4 Å². The average molecular weight is 471 g/mol. The van der Waals surface area contributed by atoms with Gasteiger partial charge < -0.3 is 10.2 Å². The molecular weight excluding hydrogens is 440 g/mol. The Morgan fingerprint density at radius 3 is 2.77 bits per heavy atom. The van der Waals surface area contributed by atoms with Crippen LogP contribution in [0.25, 0.3) is 22.2 Å². The van der Waals surface area contributed by atoms with Crippen molar-refractivity contribution in [1.29, 1.82) is 5.26 Å². The van der Waals surface area contributed by atoms with Crippen LogP contribution < -0.4 is 5.32 Å². The molecule has 4 heterocycles. The lowest BCUT2D eigenvalue weighted by Crippen LogP contribution is -2.37. The van der Waals surface area contributed by atoms with E-state index >= 15 is 0 Å². The molecule has 1 atom stereocenters. The number of allylic oxidation sites excluding steroid dienone is 2. The number of nitrogens with zero attached hydrogens (tertiary/aromatic N) is 7. The first-order valence-corrected chi connectivity index (χ1v) is 11.6. The van der Waals surface area contributed by atoms with Crippen molar-refractivity contribution < 1.29 is 4.79 Å². The Labute approximate surface area is 205 Å². The standard InChI is InChI=1S/C26H30N8O/c1-6-19(11-28-18(4)33-8-7-20(15-33)26(35)31-17(2)3)24-9-21(23-13-29-32(5)14-23)16-34-25(24)22(10-27)12-30-34/h6,9,11-14,16-17,20H,1,7-8,15H2,2-5H3,(H,31,35)/b19-11+,28-18+/t20-/m1/s1. The van der Waals surface area contributed by atoms with Crippen LogP contribution in [0.4, 0.5) is 0 Å². The molecule has 0 bridgehead atoms. The Hall–Kier alpha value is -4.19.